The van der Waals surface area contributed by atoms with Crippen molar-refractivity contribution in [3.05, 3.63) is 63.9 Å². The average Bonchev–Trinajstić information content (AvgIpc) is 2.68. The van der Waals surface area contributed by atoms with Gasteiger partial charge < -0.3 is 15.2 Å². The number of hydrogen-bond acceptors (Lipinski definition) is 6. The van der Waals surface area contributed by atoms with Crippen LogP contribution in [0.5, 0.6) is 11.5 Å². The van der Waals surface area contributed by atoms with E-state index in [9.17, 15) is 23.1 Å². The predicted molar refractivity (Wildman–Crippen MR) is 99.7 cm³/mol. The van der Waals surface area contributed by atoms with Crippen molar-refractivity contribution in [2.24, 2.45) is 7.05 Å². The summed E-state index contributed by atoms with van der Waals surface area (Å²) in [7, 11) is 2.67. The number of rotatable bonds is 5. The maximum atomic E-state index is 12.9. The number of alkyl halides is 3. The highest BCUT2D eigenvalue weighted by Gasteiger charge is 2.31. The number of phenols is 1. The van der Waals surface area contributed by atoms with E-state index in [0.717, 1.165) is 17.7 Å². The molecule has 0 radical (unpaired) electrons. The number of nitrogens with one attached hydrogen (secondary N) is 1. The Morgan fingerprint density at radius 1 is 1.17 bits per heavy atom. The summed E-state index contributed by atoms with van der Waals surface area (Å²) in [5.74, 6) is 0.0339. The first kappa shape index (κ1) is 20.2. The van der Waals surface area contributed by atoms with Crippen molar-refractivity contribution >= 4 is 5.82 Å². The van der Waals surface area contributed by atoms with Crippen molar-refractivity contribution in [1.82, 2.24) is 14.8 Å². The molecule has 1 aromatic heterocycles. The van der Waals surface area contributed by atoms with Gasteiger partial charge in [-0.05, 0) is 35.9 Å². The Bertz CT molecular complexity index is 1100. The standard InChI is InChI=1S/C19H17F3N4O3/c1-26-17(14-7-6-12(19(20,21)22)9-15(14)29-2)25-24-16(18(26)28)23-10-11-4-3-5-13(27)8-11/h3-9,27H,10H2,1-2H3,(H,23,24). The number of benzene rings is 2. The summed E-state index contributed by atoms with van der Waals surface area (Å²) in [5.41, 5.74) is -0.466. The molecule has 0 spiro atoms. The summed E-state index contributed by atoms with van der Waals surface area (Å²) < 4.78 is 45.0. The Labute approximate surface area is 163 Å². The molecule has 2 aromatic carbocycles. The van der Waals surface area contributed by atoms with Crippen LogP contribution in [0.15, 0.2) is 47.3 Å². The lowest BCUT2D eigenvalue weighted by molar-refractivity contribution is -0.137. The zero-order valence-electron chi connectivity index (χ0n) is 15.5. The number of hydrogen-bond donors (Lipinski definition) is 2. The fourth-order valence-electron chi connectivity index (χ4n) is 2.71. The topological polar surface area (TPSA) is 89.3 Å². The first-order chi connectivity index (χ1) is 13.7. The number of anilines is 1. The number of halogens is 3. The fraction of sp³-hybridized carbons (Fsp3) is 0.211. The van der Waals surface area contributed by atoms with Crippen LogP contribution in [0.2, 0.25) is 0 Å². The van der Waals surface area contributed by atoms with Crippen molar-refractivity contribution in [3.63, 3.8) is 0 Å². The highest BCUT2D eigenvalue weighted by Crippen LogP contribution is 2.36. The van der Waals surface area contributed by atoms with Gasteiger partial charge in [-0.25, -0.2) is 0 Å². The maximum absolute atomic E-state index is 12.9. The number of aromatic nitrogens is 3. The maximum Gasteiger partial charge on any atom is 0.416 e. The summed E-state index contributed by atoms with van der Waals surface area (Å²) >= 11 is 0. The van der Waals surface area contributed by atoms with Gasteiger partial charge in [0.05, 0.1) is 18.2 Å². The SMILES string of the molecule is COc1cc(C(F)(F)F)ccc1-c1nnc(NCc2cccc(O)c2)c(=O)n1C. The van der Waals surface area contributed by atoms with E-state index in [1.165, 1.54) is 36.9 Å². The van der Waals surface area contributed by atoms with Crippen molar-refractivity contribution in [1.29, 1.82) is 0 Å². The predicted octanol–water partition coefficient (Wildman–Crippen LogP) is 3.19. The van der Waals surface area contributed by atoms with E-state index in [4.69, 9.17) is 4.74 Å². The fourth-order valence-corrected chi connectivity index (χ4v) is 2.71. The van der Waals surface area contributed by atoms with Crippen molar-refractivity contribution in [2.75, 3.05) is 12.4 Å². The van der Waals surface area contributed by atoms with Gasteiger partial charge in [-0.1, -0.05) is 12.1 Å². The van der Waals surface area contributed by atoms with Crippen LogP contribution in [-0.4, -0.2) is 27.0 Å². The number of aromatic hydroxyl groups is 1. The van der Waals surface area contributed by atoms with Crippen LogP contribution in [-0.2, 0) is 19.8 Å². The molecule has 0 saturated heterocycles. The van der Waals surface area contributed by atoms with Crippen LogP contribution < -0.4 is 15.6 Å². The van der Waals surface area contributed by atoms with Crippen LogP contribution >= 0.6 is 0 Å². The van der Waals surface area contributed by atoms with Crippen molar-refractivity contribution < 1.29 is 23.0 Å². The molecular weight excluding hydrogens is 389 g/mol. The minimum atomic E-state index is -4.52. The van der Waals surface area contributed by atoms with E-state index < -0.39 is 17.3 Å². The summed E-state index contributed by atoms with van der Waals surface area (Å²) in [4.78, 5) is 12.6. The largest absolute Gasteiger partial charge is 0.508 e. The molecule has 152 valence electrons. The molecule has 0 amide bonds. The highest BCUT2D eigenvalue weighted by atomic mass is 19.4. The zero-order valence-corrected chi connectivity index (χ0v) is 15.5. The van der Waals surface area contributed by atoms with Gasteiger partial charge in [0.2, 0.25) is 5.82 Å². The molecule has 7 nitrogen and oxygen atoms in total. The lowest BCUT2D eigenvalue weighted by Crippen LogP contribution is -2.25. The molecule has 2 N–H and O–H groups in total. The van der Waals surface area contributed by atoms with E-state index in [-0.39, 0.29) is 35.2 Å². The monoisotopic (exact) mass is 406 g/mol. The molecule has 3 aromatic rings. The summed E-state index contributed by atoms with van der Waals surface area (Å²) in [5, 5.41) is 20.2. The summed E-state index contributed by atoms with van der Waals surface area (Å²) in [6, 6.07) is 9.39. The number of methoxy groups -OCH3 is 1. The van der Waals surface area contributed by atoms with Gasteiger partial charge in [0, 0.05) is 13.6 Å². The van der Waals surface area contributed by atoms with E-state index in [2.05, 4.69) is 15.5 Å². The minimum Gasteiger partial charge on any atom is -0.508 e. The minimum absolute atomic E-state index is 0.0366. The Hall–Kier alpha value is -3.56. The van der Waals surface area contributed by atoms with E-state index in [1.54, 1.807) is 12.1 Å². The molecule has 0 aliphatic heterocycles. The second-order valence-electron chi connectivity index (χ2n) is 6.17. The molecule has 0 unspecified atom stereocenters. The van der Waals surface area contributed by atoms with Gasteiger partial charge in [-0.2, -0.15) is 13.2 Å². The summed E-state index contributed by atoms with van der Waals surface area (Å²) in [6.07, 6.45) is -4.52. The molecule has 0 aliphatic carbocycles. The van der Waals surface area contributed by atoms with Crippen molar-refractivity contribution in [3.8, 4) is 22.9 Å². The first-order valence-electron chi connectivity index (χ1n) is 8.42. The van der Waals surface area contributed by atoms with Gasteiger partial charge in [-0.15, -0.1) is 10.2 Å². The highest BCUT2D eigenvalue weighted by molar-refractivity contribution is 5.65. The molecule has 1 heterocycles. The van der Waals surface area contributed by atoms with Gasteiger partial charge in [-0.3, -0.25) is 9.36 Å². The van der Waals surface area contributed by atoms with Crippen LogP contribution in [0.4, 0.5) is 19.0 Å². The molecule has 10 heteroatoms. The second-order valence-corrected chi connectivity index (χ2v) is 6.17. The Morgan fingerprint density at radius 2 is 1.93 bits per heavy atom. The Kier molecular flexibility index (Phi) is 5.44. The number of nitrogens with zero attached hydrogens (tertiary/aromatic N) is 3. The van der Waals surface area contributed by atoms with E-state index in [0.29, 0.717) is 0 Å². The molecule has 0 fully saturated rings. The Morgan fingerprint density at radius 3 is 2.59 bits per heavy atom. The molecule has 0 saturated carbocycles. The van der Waals surface area contributed by atoms with Gasteiger partial charge >= 0.3 is 6.18 Å². The molecule has 0 aliphatic rings. The lowest BCUT2D eigenvalue weighted by Gasteiger charge is -2.14. The number of ether oxygens (including phenoxy) is 1. The normalized spacial score (nSPS) is 11.3. The lowest BCUT2D eigenvalue weighted by atomic mass is 10.1. The number of phenolic OH excluding ortho intramolecular Hbond substituents is 1. The third-order valence-electron chi connectivity index (χ3n) is 4.21. The second kappa shape index (κ2) is 7.82. The quantitative estimate of drug-likeness (QED) is 0.677. The third kappa shape index (κ3) is 4.31. The third-order valence-corrected chi connectivity index (χ3v) is 4.21. The average molecular weight is 406 g/mol. The molecule has 0 bridgehead atoms. The summed E-state index contributed by atoms with van der Waals surface area (Å²) in [6.45, 7) is 0.223. The zero-order chi connectivity index (χ0) is 21.2. The van der Waals surface area contributed by atoms with E-state index >= 15 is 0 Å². The van der Waals surface area contributed by atoms with E-state index in [1.807, 2.05) is 0 Å². The van der Waals surface area contributed by atoms with Gasteiger partial charge in [0.1, 0.15) is 11.5 Å². The van der Waals surface area contributed by atoms with Crippen molar-refractivity contribution in [2.45, 2.75) is 12.7 Å². The van der Waals surface area contributed by atoms with Gasteiger partial charge in [0.25, 0.3) is 5.56 Å². The molecule has 3 rings (SSSR count). The Balaban J connectivity index is 1.92. The van der Waals surface area contributed by atoms with Gasteiger partial charge in [0.15, 0.2) is 5.82 Å². The molecule has 0 atom stereocenters. The van der Waals surface area contributed by atoms with Crippen LogP contribution in [0.25, 0.3) is 11.4 Å². The molecular formula is C19H17F3N4O3. The van der Waals surface area contributed by atoms with Crippen LogP contribution in [0, 0.1) is 0 Å². The first-order valence-corrected chi connectivity index (χ1v) is 8.42. The molecule has 29 heavy (non-hydrogen) atoms. The van der Waals surface area contributed by atoms with Crippen LogP contribution in [0.3, 0.4) is 0 Å². The van der Waals surface area contributed by atoms with Crippen LogP contribution in [0.1, 0.15) is 11.1 Å². The smallest absolute Gasteiger partial charge is 0.416 e.